The molecule has 2 heterocycles. The molecule has 4 rings (SSSR count). The van der Waals surface area contributed by atoms with Crippen LogP contribution in [0.2, 0.25) is 0 Å². The number of likely N-dealkylation sites (N-methyl/N-ethyl adjacent to an activating group) is 1. The molecule has 7 nitrogen and oxygen atoms in total. The molecule has 0 radical (unpaired) electrons. The van der Waals surface area contributed by atoms with E-state index < -0.39 is 15.9 Å². The van der Waals surface area contributed by atoms with Crippen molar-refractivity contribution in [1.29, 1.82) is 0 Å². The van der Waals surface area contributed by atoms with Crippen LogP contribution in [0.5, 0.6) is 0 Å². The minimum absolute atomic E-state index is 0.0646. The molecule has 3 aromatic rings. The number of rotatable bonds is 5. The van der Waals surface area contributed by atoms with Gasteiger partial charge in [0.1, 0.15) is 0 Å². The molecule has 1 fully saturated rings. The van der Waals surface area contributed by atoms with Crippen molar-refractivity contribution in [3.05, 3.63) is 58.4 Å². The fourth-order valence-corrected chi connectivity index (χ4v) is 5.94. The number of thiazole rings is 1. The highest BCUT2D eigenvalue weighted by atomic mass is 32.2. The first-order valence-electron chi connectivity index (χ1n) is 10.1. The molecule has 9 heteroatoms. The Hall–Kier alpha value is -2.33. The van der Waals surface area contributed by atoms with Crippen LogP contribution in [0.4, 0.5) is 0 Å². The van der Waals surface area contributed by atoms with Crippen LogP contribution in [0.25, 0.3) is 10.2 Å². The van der Waals surface area contributed by atoms with E-state index in [0.717, 1.165) is 28.6 Å². The lowest BCUT2D eigenvalue weighted by atomic mass is 10.2. The number of nitrogens with zero attached hydrogens (tertiary/aromatic N) is 3. The Kier molecular flexibility index (Phi) is 6.11. The van der Waals surface area contributed by atoms with E-state index >= 15 is 0 Å². The lowest BCUT2D eigenvalue weighted by Crippen LogP contribution is -2.34. The summed E-state index contributed by atoms with van der Waals surface area (Å²) in [4.78, 5) is 17.7. The topological polar surface area (TPSA) is 81.0 Å². The van der Waals surface area contributed by atoms with Gasteiger partial charge in [-0.1, -0.05) is 17.4 Å². The second-order valence-corrected chi connectivity index (χ2v) is 10.8. The lowest BCUT2D eigenvalue weighted by Gasteiger charge is -2.20. The number of carbonyl (C=O) groups excluding carboxylic acids is 1. The SMILES string of the molecule is Cc1ccc2c(c1)sc(=NC(=O)c1ccc(S(=O)(=O)N(C)CC3CCCO3)cc1)n2C. The molecule has 1 saturated heterocycles. The van der Waals surface area contributed by atoms with Gasteiger partial charge in [0.25, 0.3) is 5.91 Å². The highest BCUT2D eigenvalue weighted by Crippen LogP contribution is 2.20. The van der Waals surface area contributed by atoms with Gasteiger partial charge in [-0.05, 0) is 61.7 Å². The van der Waals surface area contributed by atoms with E-state index in [0.29, 0.717) is 23.5 Å². The number of fused-ring (bicyclic) bond motifs is 1. The second kappa shape index (κ2) is 8.66. The molecule has 1 unspecified atom stereocenters. The van der Waals surface area contributed by atoms with E-state index in [9.17, 15) is 13.2 Å². The summed E-state index contributed by atoms with van der Waals surface area (Å²) < 4.78 is 35.4. The van der Waals surface area contributed by atoms with Gasteiger partial charge in [0.2, 0.25) is 10.0 Å². The zero-order chi connectivity index (χ0) is 22.2. The van der Waals surface area contributed by atoms with Crippen molar-refractivity contribution in [2.45, 2.75) is 30.8 Å². The van der Waals surface area contributed by atoms with Gasteiger partial charge in [-0.3, -0.25) is 4.79 Å². The number of ether oxygens (including phenoxy) is 1. The molecular weight excluding hydrogens is 434 g/mol. The smallest absolute Gasteiger partial charge is 0.279 e. The number of hydrogen-bond donors (Lipinski definition) is 0. The van der Waals surface area contributed by atoms with E-state index in [1.807, 2.05) is 30.7 Å². The van der Waals surface area contributed by atoms with Gasteiger partial charge in [-0.2, -0.15) is 9.30 Å². The Morgan fingerprint density at radius 2 is 2.00 bits per heavy atom. The van der Waals surface area contributed by atoms with Crippen molar-refractivity contribution in [3.63, 3.8) is 0 Å². The Morgan fingerprint density at radius 3 is 2.68 bits per heavy atom. The van der Waals surface area contributed by atoms with Crippen LogP contribution in [0, 0.1) is 6.92 Å². The van der Waals surface area contributed by atoms with E-state index in [1.165, 1.54) is 39.9 Å². The maximum Gasteiger partial charge on any atom is 0.279 e. The number of sulfonamides is 1. The summed E-state index contributed by atoms with van der Waals surface area (Å²) in [6.45, 7) is 3.02. The van der Waals surface area contributed by atoms with Crippen molar-refractivity contribution < 1.29 is 17.9 Å². The summed E-state index contributed by atoms with van der Waals surface area (Å²) in [7, 11) is -0.222. The van der Waals surface area contributed by atoms with Crippen molar-refractivity contribution >= 4 is 37.5 Å². The molecule has 0 saturated carbocycles. The number of aryl methyl sites for hydroxylation is 2. The molecule has 1 aliphatic rings. The zero-order valence-corrected chi connectivity index (χ0v) is 19.4. The first-order chi connectivity index (χ1) is 14.8. The van der Waals surface area contributed by atoms with Gasteiger partial charge in [0, 0.05) is 32.8 Å². The summed E-state index contributed by atoms with van der Waals surface area (Å²) in [5, 5.41) is 0. The third kappa shape index (κ3) is 4.50. The van der Waals surface area contributed by atoms with Gasteiger partial charge in [0.05, 0.1) is 21.2 Å². The summed E-state index contributed by atoms with van der Waals surface area (Å²) in [6, 6.07) is 12.0. The lowest BCUT2D eigenvalue weighted by molar-refractivity contribution is 0.0979. The van der Waals surface area contributed by atoms with E-state index in [4.69, 9.17) is 4.74 Å². The van der Waals surface area contributed by atoms with Crippen molar-refractivity contribution in [2.75, 3.05) is 20.2 Å². The molecule has 31 heavy (non-hydrogen) atoms. The van der Waals surface area contributed by atoms with Crippen LogP contribution in [-0.4, -0.2) is 49.5 Å². The highest BCUT2D eigenvalue weighted by molar-refractivity contribution is 7.89. The molecule has 1 atom stereocenters. The fraction of sp³-hybridized carbons (Fsp3) is 0.364. The summed E-state index contributed by atoms with van der Waals surface area (Å²) in [6.07, 6.45) is 1.75. The minimum atomic E-state index is -3.65. The second-order valence-electron chi connectivity index (χ2n) is 7.78. The number of aromatic nitrogens is 1. The Morgan fingerprint density at radius 1 is 1.26 bits per heavy atom. The minimum Gasteiger partial charge on any atom is -0.377 e. The first-order valence-corrected chi connectivity index (χ1v) is 12.3. The third-order valence-corrected chi connectivity index (χ3v) is 8.39. The molecule has 0 aliphatic carbocycles. The largest absolute Gasteiger partial charge is 0.377 e. The standard InChI is InChI=1S/C22H25N3O4S2/c1-15-6-11-19-20(13-15)30-22(25(19)3)23-21(26)16-7-9-18(10-8-16)31(27,28)24(2)14-17-5-4-12-29-17/h6-11,13,17H,4-5,12,14H2,1-3H3. The van der Waals surface area contributed by atoms with Gasteiger partial charge >= 0.3 is 0 Å². The molecular formula is C22H25N3O4S2. The van der Waals surface area contributed by atoms with Gasteiger partial charge < -0.3 is 9.30 Å². The number of carbonyl (C=O) groups is 1. The summed E-state index contributed by atoms with van der Waals surface area (Å²) >= 11 is 1.45. The molecule has 0 spiro atoms. The predicted molar refractivity (Wildman–Crippen MR) is 121 cm³/mol. The molecule has 0 bridgehead atoms. The fourth-order valence-electron chi connectivity index (χ4n) is 3.62. The average molecular weight is 460 g/mol. The monoisotopic (exact) mass is 459 g/mol. The maximum absolute atomic E-state index is 12.8. The van der Waals surface area contributed by atoms with Crippen molar-refractivity contribution in [2.24, 2.45) is 12.0 Å². The highest BCUT2D eigenvalue weighted by Gasteiger charge is 2.26. The first kappa shape index (κ1) is 21.9. The maximum atomic E-state index is 12.8. The molecule has 1 aliphatic heterocycles. The van der Waals surface area contributed by atoms with Crippen LogP contribution < -0.4 is 4.80 Å². The number of benzene rings is 2. The normalized spacial score (nSPS) is 17.7. The number of amides is 1. The van der Waals surface area contributed by atoms with Crippen LogP contribution in [0.15, 0.2) is 52.4 Å². The van der Waals surface area contributed by atoms with E-state index in [1.54, 1.807) is 7.05 Å². The molecule has 164 valence electrons. The summed E-state index contributed by atoms with van der Waals surface area (Å²) in [5.41, 5.74) is 2.50. The van der Waals surface area contributed by atoms with Gasteiger partial charge in [-0.15, -0.1) is 0 Å². The van der Waals surface area contributed by atoms with Crippen molar-refractivity contribution in [3.8, 4) is 0 Å². The van der Waals surface area contributed by atoms with Crippen LogP contribution >= 0.6 is 11.3 Å². The molecule has 1 amide bonds. The van der Waals surface area contributed by atoms with E-state index in [-0.39, 0.29) is 11.0 Å². The van der Waals surface area contributed by atoms with Crippen molar-refractivity contribution in [1.82, 2.24) is 8.87 Å². The van der Waals surface area contributed by atoms with E-state index in [2.05, 4.69) is 11.1 Å². The average Bonchev–Trinajstić information content (AvgIpc) is 3.36. The Balaban J connectivity index is 1.55. The van der Waals surface area contributed by atoms with Crippen LogP contribution in [0.3, 0.4) is 0 Å². The Bertz CT molecular complexity index is 1280. The zero-order valence-electron chi connectivity index (χ0n) is 17.7. The van der Waals surface area contributed by atoms with Gasteiger partial charge in [-0.25, -0.2) is 8.42 Å². The molecule has 2 aromatic carbocycles. The third-order valence-electron chi connectivity index (χ3n) is 5.46. The number of hydrogen-bond acceptors (Lipinski definition) is 5. The predicted octanol–water partition coefficient (Wildman–Crippen LogP) is 3.09. The quantitative estimate of drug-likeness (QED) is 0.587. The van der Waals surface area contributed by atoms with Gasteiger partial charge in [0.15, 0.2) is 4.80 Å². The van der Waals surface area contributed by atoms with Crippen LogP contribution in [0.1, 0.15) is 28.8 Å². The Labute approximate surface area is 185 Å². The van der Waals surface area contributed by atoms with Crippen LogP contribution in [-0.2, 0) is 21.8 Å². The molecule has 0 N–H and O–H groups in total. The summed E-state index contributed by atoms with van der Waals surface area (Å²) in [5.74, 6) is -0.407. The molecule has 1 aromatic heterocycles.